The lowest BCUT2D eigenvalue weighted by Crippen LogP contribution is -1.96. The van der Waals surface area contributed by atoms with Gasteiger partial charge in [0, 0.05) is 18.7 Å². The van der Waals surface area contributed by atoms with Gasteiger partial charge in [-0.2, -0.15) is 0 Å². The Labute approximate surface area is 144 Å². The number of carboxylic acid groups (broad SMARTS) is 1. The third kappa shape index (κ3) is 7.99. The van der Waals surface area contributed by atoms with Crippen LogP contribution in [-0.4, -0.2) is 16.8 Å². The van der Waals surface area contributed by atoms with Crippen molar-refractivity contribution in [2.45, 2.75) is 9.79 Å². The van der Waals surface area contributed by atoms with E-state index < -0.39 is 5.97 Å². The molecule has 20 heavy (non-hydrogen) atoms. The summed E-state index contributed by atoms with van der Waals surface area (Å²) in [5.41, 5.74) is 0. The van der Waals surface area contributed by atoms with E-state index in [4.69, 9.17) is 5.11 Å². The Morgan fingerprint density at radius 3 is 1.85 bits per heavy atom. The number of hydrogen-bond acceptors (Lipinski definition) is 3. The molecule has 0 fully saturated rings. The Morgan fingerprint density at radius 2 is 1.45 bits per heavy atom. The van der Waals surface area contributed by atoms with Crippen molar-refractivity contribution in [1.29, 1.82) is 0 Å². The lowest BCUT2D eigenvalue weighted by atomic mass is 10.4. The first-order valence-corrected chi connectivity index (χ1v) is 8.54. The number of thioether (sulfide) groups is 1. The molecule has 0 unspecified atom stereocenters. The van der Waals surface area contributed by atoms with Crippen LogP contribution in [-0.2, 0) is 4.79 Å². The van der Waals surface area contributed by atoms with Gasteiger partial charge in [0.1, 0.15) is 0 Å². The van der Waals surface area contributed by atoms with Crippen LogP contribution in [0.1, 0.15) is 0 Å². The number of halogens is 2. The average molecular weight is 436 g/mol. The Hall–Kier alpha value is -0.430. The quantitative estimate of drug-likeness (QED) is 0.503. The fourth-order valence-electron chi connectivity index (χ4n) is 1.12. The summed E-state index contributed by atoms with van der Waals surface area (Å²) in [6, 6.07) is 15.4. The second kappa shape index (κ2) is 9.50. The number of rotatable bonds is 3. The SMILES string of the molecule is O=C(O)CSc1ccc(Br)cc1.Sc1ccc(Br)cc1. The van der Waals surface area contributed by atoms with Gasteiger partial charge in [-0.3, -0.25) is 4.79 Å². The van der Waals surface area contributed by atoms with Gasteiger partial charge < -0.3 is 5.11 Å². The second-order valence-corrected chi connectivity index (χ2v) is 7.01. The van der Waals surface area contributed by atoms with E-state index in [9.17, 15) is 4.79 Å². The van der Waals surface area contributed by atoms with E-state index >= 15 is 0 Å². The minimum Gasteiger partial charge on any atom is -0.481 e. The molecule has 0 atom stereocenters. The molecule has 0 saturated heterocycles. The van der Waals surface area contributed by atoms with Crippen LogP contribution in [0, 0.1) is 0 Å². The van der Waals surface area contributed by atoms with E-state index in [1.807, 2.05) is 48.5 Å². The van der Waals surface area contributed by atoms with Crippen molar-refractivity contribution in [2.24, 2.45) is 0 Å². The fourth-order valence-corrected chi connectivity index (χ4v) is 2.41. The van der Waals surface area contributed by atoms with Crippen LogP contribution in [0.4, 0.5) is 0 Å². The Bertz CT molecular complexity index is 521. The predicted molar refractivity (Wildman–Crippen MR) is 93.9 cm³/mol. The van der Waals surface area contributed by atoms with Crippen LogP contribution in [0.3, 0.4) is 0 Å². The lowest BCUT2D eigenvalue weighted by molar-refractivity contribution is -0.133. The minimum atomic E-state index is -0.789. The smallest absolute Gasteiger partial charge is 0.313 e. The molecule has 2 rings (SSSR count). The van der Waals surface area contributed by atoms with Crippen molar-refractivity contribution in [3.05, 3.63) is 57.5 Å². The average Bonchev–Trinajstić information content (AvgIpc) is 2.42. The van der Waals surface area contributed by atoms with Crippen LogP contribution in [0.15, 0.2) is 67.3 Å². The molecule has 1 N–H and O–H groups in total. The summed E-state index contributed by atoms with van der Waals surface area (Å²) in [6.45, 7) is 0. The summed E-state index contributed by atoms with van der Waals surface area (Å²) in [4.78, 5) is 12.2. The fraction of sp³-hybridized carbons (Fsp3) is 0.0714. The highest BCUT2D eigenvalue weighted by Gasteiger charge is 1.98. The Morgan fingerprint density at radius 1 is 1.00 bits per heavy atom. The van der Waals surface area contributed by atoms with Gasteiger partial charge in [0.15, 0.2) is 0 Å². The van der Waals surface area contributed by atoms with Crippen molar-refractivity contribution in [1.82, 2.24) is 0 Å². The summed E-state index contributed by atoms with van der Waals surface area (Å²) in [5, 5.41) is 8.40. The zero-order chi connectivity index (χ0) is 15.0. The number of carbonyl (C=O) groups is 1. The maximum absolute atomic E-state index is 10.2. The third-order valence-corrected chi connectivity index (χ3v) is 4.35. The molecule has 2 aromatic rings. The van der Waals surface area contributed by atoms with Gasteiger partial charge in [0.25, 0.3) is 0 Å². The molecule has 6 heteroatoms. The van der Waals surface area contributed by atoms with Gasteiger partial charge in [-0.25, -0.2) is 0 Å². The molecule has 0 aliphatic rings. The molecule has 0 aromatic heterocycles. The van der Waals surface area contributed by atoms with Crippen molar-refractivity contribution >= 4 is 62.2 Å². The van der Waals surface area contributed by atoms with Gasteiger partial charge in [-0.05, 0) is 48.5 Å². The highest BCUT2D eigenvalue weighted by Crippen LogP contribution is 2.20. The first-order chi connectivity index (χ1) is 9.47. The largest absolute Gasteiger partial charge is 0.481 e. The minimum absolute atomic E-state index is 0.113. The van der Waals surface area contributed by atoms with Crippen LogP contribution in [0.25, 0.3) is 0 Å². The van der Waals surface area contributed by atoms with Gasteiger partial charge in [0.2, 0.25) is 0 Å². The number of aliphatic carboxylic acids is 1. The summed E-state index contributed by atoms with van der Waals surface area (Å²) < 4.78 is 2.09. The van der Waals surface area contributed by atoms with Crippen LogP contribution in [0.2, 0.25) is 0 Å². The molecule has 0 radical (unpaired) electrons. The zero-order valence-corrected chi connectivity index (χ0v) is 15.2. The van der Waals surface area contributed by atoms with E-state index in [1.165, 1.54) is 11.8 Å². The summed E-state index contributed by atoms with van der Waals surface area (Å²) in [5.74, 6) is -0.676. The van der Waals surface area contributed by atoms with Crippen LogP contribution < -0.4 is 0 Å². The molecule has 106 valence electrons. The summed E-state index contributed by atoms with van der Waals surface area (Å²) >= 11 is 12.0. The molecule has 0 spiro atoms. The molecule has 0 bridgehead atoms. The highest BCUT2D eigenvalue weighted by atomic mass is 79.9. The van der Waals surface area contributed by atoms with Crippen LogP contribution in [0.5, 0.6) is 0 Å². The Kier molecular flexibility index (Phi) is 8.37. The van der Waals surface area contributed by atoms with Crippen molar-refractivity contribution in [3.63, 3.8) is 0 Å². The van der Waals surface area contributed by atoms with Gasteiger partial charge in [-0.1, -0.05) is 31.9 Å². The highest BCUT2D eigenvalue weighted by molar-refractivity contribution is 9.10. The molecule has 0 aliphatic carbocycles. The first-order valence-electron chi connectivity index (χ1n) is 5.52. The molecule has 0 amide bonds. The monoisotopic (exact) mass is 434 g/mol. The second-order valence-electron chi connectivity index (χ2n) is 3.61. The third-order valence-electron chi connectivity index (χ3n) is 2.00. The molecule has 0 heterocycles. The molecular weight excluding hydrogens is 424 g/mol. The van der Waals surface area contributed by atoms with E-state index in [1.54, 1.807) is 0 Å². The van der Waals surface area contributed by atoms with Gasteiger partial charge in [0.05, 0.1) is 5.75 Å². The van der Waals surface area contributed by atoms with E-state index in [0.29, 0.717) is 0 Å². The van der Waals surface area contributed by atoms with Crippen LogP contribution >= 0.6 is 56.3 Å². The van der Waals surface area contributed by atoms with E-state index in [-0.39, 0.29) is 5.75 Å². The number of hydrogen-bond donors (Lipinski definition) is 2. The molecule has 0 saturated carbocycles. The van der Waals surface area contributed by atoms with Crippen molar-refractivity contribution in [3.8, 4) is 0 Å². The topological polar surface area (TPSA) is 37.3 Å². The molecule has 2 aromatic carbocycles. The van der Waals surface area contributed by atoms with Crippen molar-refractivity contribution in [2.75, 3.05) is 5.75 Å². The van der Waals surface area contributed by atoms with E-state index in [0.717, 1.165) is 18.7 Å². The lowest BCUT2D eigenvalue weighted by Gasteiger charge is -1.97. The summed E-state index contributed by atoms with van der Waals surface area (Å²) in [6.07, 6.45) is 0. The zero-order valence-electron chi connectivity index (χ0n) is 10.3. The maximum Gasteiger partial charge on any atom is 0.313 e. The molecule has 0 aliphatic heterocycles. The van der Waals surface area contributed by atoms with Gasteiger partial charge >= 0.3 is 5.97 Å². The first kappa shape index (κ1) is 17.6. The number of benzene rings is 2. The normalized spacial score (nSPS) is 9.55. The van der Waals surface area contributed by atoms with Gasteiger partial charge in [-0.15, -0.1) is 24.4 Å². The van der Waals surface area contributed by atoms with E-state index in [2.05, 4.69) is 44.5 Å². The molecule has 2 nitrogen and oxygen atoms in total. The standard InChI is InChI=1S/C8H7BrO2S.C6H5BrS/c9-6-1-3-7(4-2-6)12-5-8(10)11;7-5-1-3-6(8)4-2-5/h1-4H,5H2,(H,10,11);1-4,8H. The maximum atomic E-state index is 10.2. The summed E-state index contributed by atoms with van der Waals surface area (Å²) in [7, 11) is 0. The number of thiol groups is 1. The molecular formula is C14H12Br2O2S2. The number of carboxylic acids is 1. The predicted octanol–water partition coefficient (Wildman–Crippen LogP) is 5.36. The van der Waals surface area contributed by atoms with Crippen molar-refractivity contribution < 1.29 is 9.90 Å². The Balaban J connectivity index is 0.000000217.